The van der Waals surface area contributed by atoms with E-state index >= 15 is 0 Å². The van der Waals surface area contributed by atoms with Gasteiger partial charge in [0.25, 0.3) is 5.91 Å². The van der Waals surface area contributed by atoms with Gasteiger partial charge >= 0.3 is 11.8 Å². The van der Waals surface area contributed by atoms with Crippen LogP contribution in [0.15, 0.2) is 30.3 Å². The third-order valence-corrected chi connectivity index (χ3v) is 5.38. The highest BCUT2D eigenvalue weighted by Gasteiger charge is 2.29. The number of nitrogens with one attached hydrogen (secondary N) is 2. The van der Waals surface area contributed by atoms with Gasteiger partial charge in [-0.3, -0.25) is 14.4 Å². The van der Waals surface area contributed by atoms with Gasteiger partial charge in [0.05, 0.1) is 6.61 Å². The van der Waals surface area contributed by atoms with Crippen molar-refractivity contribution in [2.24, 2.45) is 5.92 Å². The summed E-state index contributed by atoms with van der Waals surface area (Å²) >= 11 is 0. The Hall–Kier alpha value is -2.87. The minimum Gasteiger partial charge on any atom is -0.381 e. The summed E-state index contributed by atoms with van der Waals surface area (Å²) in [6.07, 6.45) is 0.906. The topological polar surface area (TPSA) is 94.7 Å². The fraction of sp³-hybridized carbons (Fsp3) is 0.450. The second kappa shape index (κ2) is 8.02. The normalized spacial score (nSPS) is 19.8. The molecule has 2 aliphatic heterocycles. The quantitative estimate of drug-likeness (QED) is 0.758. The molecule has 3 heterocycles. The third-order valence-electron chi connectivity index (χ3n) is 5.38. The monoisotopic (exact) mass is 384 g/mol. The van der Waals surface area contributed by atoms with E-state index in [0.29, 0.717) is 51.6 Å². The van der Waals surface area contributed by atoms with Crippen LogP contribution in [0.1, 0.15) is 16.9 Å². The van der Waals surface area contributed by atoms with Crippen molar-refractivity contribution < 1.29 is 19.1 Å². The molecule has 2 aliphatic rings. The second-order valence-corrected chi connectivity index (χ2v) is 7.29. The summed E-state index contributed by atoms with van der Waals surface area (Å²) in [4.78, 5) is 43.5. The number of piperazine rings is 1. The minimum atomic E-state index is -0.581. The number of aromatic nitrogens is 1. The number of carbonyl (C=O) groups is 3. The molecule has 0 radical (unpaired) electrons. The van der Waals surface area contributed by atoms with Gasteiger partial charge in [-0.25, -0.2) is 0 Å². The van der Waals surface area contributed by atoms with E-state index < -0.39 is 11.8 Å². The molecule has 0 aliphatic carbocycles. The van der Waals surface area contributed by atoms with Crippen LogP contribution in [-0.4, -0.2) is 78.4 Å². The molecule has 28 heavy (non-hydrogen) atoms. The lowest BCUT2D eigenvalue weighted by Gasteiger charge is -2.34. The smallest absolute Gasteiger partial charge is 0.312 e. The summed E-state index contributed by atoms with van der Waals surface area (Å²) in [5, 5.41) is 3.69. The maximum absolute atomic E-state index is 12.7. The Morgan fingerprint density at radius 2 is 1.86 bits per heavy atom. The highest BCUT2D eigenvalue weighted by Crippen LogP contribution is 2.17. The van der Waals surface area contributed by atoms with Crippen molar-refractivity contribution in [2.75, 3.05) is 45.9 Å². The van der Waals surface area contributed by atoms with Crippen LogP contribution < -0.4 is 5.32 Å². The minimum absolute atomic E-state index is 0.0889. The Labute approximate surface area is 162 Å². The fourth-order valence-electron chi connectivity index (χ4n) is 3.67. The van der Waals surface area contributed by atoms with E-state index in [0.717, 1.165) is 17.3 Å². The zero-order chi connectivity index (χ0) is 19.5. The first-order chi connectivity index (χ1) is 13.6. The van der Waals surface area contributed by atoms with E-state index in [4.69, 9.17) is 4.74 Å². The number of nitrogens with zero attached hydrogens (tertiary/aromatic N) is 2. The first-order valence-electron chi connectivity index (χ1n) is 9.63. The molecule has 1 unspecified atom stereocenters. The Morgan fingerprint density at radius 1 is 1.11 bits per heavy atom. The maximum atomic E-state index is 12.7. The summed E-state index contributed by atoms with van der Waals surface area (Å²) < 4.78 is 5.27. The molecule has 0 bridgehead atoms. The van der Waals surface area contributed by atoms with E-state index in [9.17, 15) is 14.4 Å². The zero-order valence-electron chi connectivity index (χ0n) is 15.6. The maximum Gasteiger partial charge on any atom is 0.312 e. The van der Waals surface area contributed by atoms with Crippen LogP contribution in [0.2, 0.25) is 0 Å². The number of para-hydroxylation sites is 1. The van der Waals surface area contributed by atoms with Gasteiger partial charge in [0, 0.05) is 56.2 Å². The summed E-state index contributed by atoms with van der Waals surface area (Å²) in [5.74, 6) is -0.921. The van der Waals surface area contributed by atoms with Crippen molar-refractivity contribution in [1.82, 2.24) is 20.1 Å². The lowest BCUT2D eigenvalue weighted by Crippen LogP contribution is -2.54. The van der Waals surface area contributed by atoms with Gasteiger partial charge in [-0.1, -0.05) is 18.2 Å². The number of hydrogen-bond donors (Lipinski definition) is 2. The number of carbonyl (C=O) groups excluding carboxylic acids is 3. The zero-order valence-corrected chi connectivity index (χ0v) is 15.6. The van der Waals surface area contributed by atoms with Crippen LogP contribution in [0.5, 0.6) is 0 Å². The van der Waals surface area contributed by atoms with Crippen molar-refractivity contribution in [2.45, 2.75) is 6.42 Å². The van der Waals surface area contributed by atoms with Gasteiger partial charge in [-0.2, -0.15) is 0 Å². The fourth-order valence-corrected chi connectivity index (χ4v) is 3.67. The van der Waals surface area contributed by atoms with E-state index in [-0.39, 0.29) is 11.8 Å². The Bertz CT molecular complexity index is 846. The number of H-pyrrole nitrogens is 1. The number of benzene rings is 1. The van der Waals surface area contributed by atoms with E-state index in [1.807, 2.05) is 30.3 Å². The van der Waals surface area contributed by atoms with E-state index in [2.05, 4.69) is 10.3 Å². The lowest BCUT2D eigenvalue weighted by molar-refractivity contribution is -0.146. The summed E-state index contributed by atoms with van der Waals surface area (Å²) in [6, 6.07) is 9.58. The molecule has 2 fully saturated rings. The number of aromatic amines is 1. The van der Waals surface area contributed by atoms with E-state index in [1.54, 1.807) is 4.90 Å². The summed E-state index contributed by atoms with van der Waals surface area (Å²) in [6.45, 7) is 3.32. The summed E-state index contributed by atoms with van der Waals surface area (Å²) in [7, 11) is 0. The van der Waals surface area contributed by atoms with Crippen molar-refractivity contribution in [3.63, 3.8) is 0 Å². The highest BCUT2D eigenvalue weighted by atomic mass is 16.5. The van der Waals surface area contributed by atoms with Crippen molar-refractivity contribution >= 4 is 28.6 Å². The predicted octanol–water partition coefficient (Wildman–Crippen LogP) is 0.605. The SMILES string of the molecule is O=C(NCC1CCOC1)C(=O)N1CCN(C(=O)c2cc3ccccc3[nH]2)CC1. The number of rotatable bonds is 3. The molecule has 1 aromatic heterocycles. The van der Waals surface area contributed by atoms with Gasteiger partial charge in [-0.15, -0.1) is 0 Å². The molecule has 2 N–H and O–H groups in total. The average Bonchev–Trinajstić information content (AvgIpc) is 3.40. The first-order valence-corrected chi connectivity index (χ1v) is 9.63. The Balaban J connectivity index is 1.29. The molecule has 148 valence electrons. The molecule has 8 heteroatoms. The molecule has 1 atom stereocenters. The van der Waals surface area contributed by atoms with E-state index in [1.165, 1.54) is 4.90 Å². The second-order valence-electron chi connectivity index (χ2n) is 7.29. The predicted molar refractivity (Wildman–Crippen MR) is 103 cm³/mol. The van der Waals surface area contributed by atoms with Crippen LogP contribution in [0, 0.1) is 5.92 Å². The molecule has 8 nitrogen and oxygen atoms in total. The molecule has 2 aromatic rings. The number of amides is 3. The largest absolute Gasteiger partial charge is 0.381 e. The third kappa shape index (κ3) is 3.87. The highest BCUT2D eigenvalue weighted by molar-refractivity contribution is 6.35. The van der Waals surface area contributed by atoms with Gasteiger partial charge in [-0.05, 0) is 18.6 Å². The van der Waals surface area contributed by atoms with Gasteiger partial charge in [0.1, 0.15) is 5.69 Å². The number of hydrogen-bond acceptors (Lipinski definition) is 4. The molecule has 4 rings (SSSR count). The van der Waals surface area contributed by atoms with Crippen LogP contribution in [0.25, 0.3) is 10.9 Å². The standard InChI is InChI=1S/C20H24N4O4/c25-18(21-12-14-5-10-28-13-14)20(27)24-8-6-23(7-9-24)19(26)17-11-15-3-1-2-4-16(15)22-17/h1-4,11,14,22H,5-10,12-13H2,(H,21,25). The summed E-state index contributed by atoms with van der Waals surface area (Å²) in [5.41, 5.74) is 1.46. The van der Waals surface area contributed by atoms with Gasteiger partial charge < -0.3 is 24.8 Å². The number of fused-ring (bicyclic) bond motifs is 1. The molecular weight excluding hydrogens is 360 g/mol. The van der Waals surface area contributed by atoms with Gasteiger partial charge in [0.15, 0.2) is 0 Å². The average molecular weight is 384 g/mol. The molecule has 0 saturated carbocycles. The van der Waals surface area contributed by atoms with Crippen LogP contribution in [-0.2, 0) is 14.3 Å². The first kappa shape index (κ1) is 18.5. The molecule has 3 amide bonds. The Kier molecular flexibility index (Phi) is 5.29. The molecule has 2 saturated heterocycles. The van der Waals surface area contributed by atoms with Crippen molar-refractivity contribution in [3.8, 4) is 0 Å². The van der Waals surface area contributed by atoms with Crippen LogP contribution in [0.3, 0.4) is 0 Å². The molecular formula is C20H24N4O4. The molecule has 0 spiro atoms. The Morgan fingerprint density at radius 3 is 2.57 bits per heavy atom. The lowest BCUT2D eigenvalue weighted by atomic mass is 10.1. The number of ether oxygens (including phenoxy) is 1. The van der Waals surface area contributed by atoms with Crippen LogP contribution in [0.4, 0.5) is 0 Å². The van der Waals surface area contributed by atoms with Gasteiger partial charge in [0.2, 0.25) is 0 Å². The molecule has 1 aromatic carbocycles. The van der Waals surface area contributed by atoms with Crippen molar-refractivity contribution in [1.29, 1.82) is 0 Å². The van der Waals surface area contributed by atoms with Crippen molar-refractivity contribution in [3.05, 3.63) is 36.0 Å². The van der Waals surface area contributed by atoms with Crippen LogP contribution >= 0.6 is 0 Å².